The number of nitrogens with zero attached hydrogens (tertiary/aromatic N) is 2. The average molecular weight is 344 g/mol. The summed E-state index contributed by atoms with van der Waals surface area (Å²) in [5.41, 5.74) is 3.46. The molecule has 1 aliphatic carbocycles. The summed E-state index contributed by atoms with van der Waals surface area (Å²) in [4.78, 5) is 22.9. The molecule has 1 aromatic carbocycles. The molecule has 1 N–H and O–H groups in total. The van der Waals surface area contributed by atoms with Gasteiger partial charge in [0.05, 0.1) is 19.9 Å². The number of fused-ring (bicyclic) bond motifs is 3. The molecule has 7 heteroatoms. The minimum atomic E-state index is -0.881. The number of carboxylic acids is 1. The molecule has 0 aliphatic heterocycles. The third kappa shape index (κ3) is 3.35. The van der Waals surface area contributed by atoms with Gasteiger partial charge in [-0.3, -0.25) is 9.59 Å². The van der Waals surface area contributed by atoms with Crippen LogP contribution in [0.3, 0.4) is 0 Å². The van der Waals surface area contributed by atoms with E-state index in [0.29, 0.717) is 17.9 Å². The van der Waals surface area contributed by atoms with E-state index in [4.69, 9.17) is 14.6 Å². The molecule has 0 radical (unpaired) electrons. The van der Waals surface area contributed by atoms with Gasteiger partial charge >= 0.3 is 5.97 Å². The van der Waals surface area contributed by atoms with Crippen molar-refractivity contribution < 1.29 is 19.4 Å². The highest BCUT2D eigenvalue weighted by Crippen LogP contribution is 2.39. The van der Waals surface area contributed by atoms with E-state index in [0.717, 1.165) is 35.2 Å². The average Bonchev–Trinajstić information content (AvgIpc) is 2.60. The summed E-state index contributed by atoms with van der Waals surface area (Å²) in [5, 5.41) is 13.3. The summed E-state index contributed by atoms with van der Waals surface area (Å²) in [6.45, 7) is 0.279. The second kappa shape index (κ2) is 6.96. The van der Waals surface area contributed by atoms with Gasteiger partial charge in [0.15, 0.2) is 11.5 Å². The normalized spacial score (nSPS) is 12.2. The summed E-state index contributed by atoms with van der Waals surface area (Å²) in [7, 11) is 3.17. The van der Waals surface area contributed by atoms with Gasteiger partial charge < -0.3 is 14.6 Å². The van der Waals surface area contributed by atoms with Crippen LogP contribution >= 0.6 is 0 Å². The van der Waals surface area contributed by atoms with Gasteiger partial charge in [0.25, 0.3) is 5.56 Å². The van der Waals surface area contributed by atoms with Crippen molar-refractivity contribution in [1.29, 1.82) is 0 Å². The van der Waals surface area contributed by atoms with Crippen molar-refractivity contribution in [2.24, 2.45) is 0 Å². The quantitative estimate of drug-likeness (QED) is 0.860. The standard InChI is InChI=1S/C18H20N2O5/c1-24-14-8-11-5-6-12-9-16(21)20(7-3-4-17(22)23)19-18(12)13(11)10-15(14)25-2/h8-10H,3-7H2,1-2H3,(H,22,23). The number of ether oxygens (including phenoxy) is 2. The van der Waals surface area contributed by atoms with E-state index in [-0.39, 0.29) is 18.5 Å². The molecule has 0 atom stereocenters. The molecular weight excluding hydrogens is 324 g/mol. The number of carboxylic acid groups (broad SMARTS) is 1. The highest BCUT2D eigenvalue weighted by Gasteiger charge is 2.22. The zero-order chi connectivity index (χ0) is 18.0. The molecule has 1 aliphatic rings. The first-order valence-electron chi connectivity index (χ1n) is 8.11. The number of aromatic nitrogens is 2. The second-order valence-corrected chi connectivity index (χ2v) is 5.94. The van der Waals surface area contributed by atoms with Crippen LogP contribution in [0.2, 0.25) is 0 Å². The molecule has 1 heterocycles. The van der Waals surface area contributed by atoms with Crippen molar-refractivity contribution in [3.8, 4) is 22.8 Å². The van der Waals surface area contributed by atoms with Crippen molar-refractivity contribution in [2.45, 2.75) is 32.2 Å². The van der Waals surface area contributed by atoms with Gasteiger partial charge in [-0.25, -0.2) is 4.68 Å². The summed E-state index contributed by atoms with van der Waals surface area (Å²) in [5.74, 6) is 0.396. The summed E-state index contributed by atoms with van der Waals surface area (Å²) >= 11 is 0. The van der Waals surface area contributed by atoms with Crippen molar-refractivity contribution in [2.75, 3.05) is 14.2 Å². The lowest BCUT2D eigenvalue weighted by Crippen LogP contribution is -2.25. The maximum Gasteiger partial charge on any atom is 0.303 e. The SMILES string of the molecule is COc1cc2c(cc1OC)-c1nn(CCCC(=O)O)c(=O)cc1CC2. The van der Waals surface area contributed by atoms with Gasteiger partial charge in [0, 0.05) is 24.6 Å². The van der Waals surface area contributed by atoms with Gasteiger partial charge in [0.1, 0.15) is 0 Å². The topological polar surface area (TPSA) is 90.7 Å². The van der Waals surface area contributed by atoms with Gasteiger partial charge in [-0.15, -0.1) is 0 Å². The molecule has 0 bridgehead atoms. The molecule has 25 heavy (non-hydrogen) atoms. The van der Waals surface area contributed by atoms with Crippen LogP contribution in [-0.2, 0) is 24.2 Å². The maximum absolute atomic E-state index is 12.2. The number of carbonyl (C=O) groups is 1. The summed E-state index contributed by atoms with van der Waals surface area (Å²) < 4.78 is 12.1. The van der Waals surface area contributed by atoms with Crippen LogP contribution in [0.1, 0.15) is 24.0 Å². The molecule has 0 unspecified atom stereocenters. The van der Waals surface area contributed by atoms with Crippen molar-refractivity contribution in [3.05, 3.63) is 39.7 Å². The Morgan fingerprint density at radius 2 is 1.84 bits per heavy atom. The molecule has 0 spiro atoms. The van der Waals surface area contributed by atoms with E-state index < -0.39 is 5.97 Å². The molecule has 1 aromatic heterocycles. The lowest BCUT2D eigenvalue weighted by atomic mass is 9.89. The number of aliphatic carboxylic acids is 1. The number of aryl methyl sites for hydroxylation is 3. The molecule has 0 saturated heterocycles. The van der Waals surface area contributed by atoms with Crippen LogP contribution in [0.15, 0.2) is 23.0 Å². The zero-order valence-corrected chi connectivity index (χ0v) is 14.2. The Kier molecular flexibility index (Phi) is 4.74. The van der Waals surface area contributed by atoms with Crippen LogP contribution in [0, 0.1) is 0 Å². The minimum absolute atomic E-state index is 0.00676. The Morgan fingerprint density at radius 1 is 1.16 bits per heavy atom. The van der Waals surface area contributed by atoms with Crippen LogP contribution in [0.5, 0.6) is 11.5 Å². The first kappa shape index (κ1) is 17.0. The first-order valence-corrected chi connectivity index (χ1v) is 8.11. The zero-order valence-electron chi connectivity index (χ0n) is 14.2. The van der Waals surface area contributed by atoms with Gasteiger partial charge in [-0.05, 0) is 42.5 Å². The lowest BCUT2D eigenvalue weighted by molar-refractivity contribution is -0.137. The Morgan fingerprint density at radius 3 is 2.52 bits per heavy atom. The first-order chi connectivity index (χ1) is 12.0. The van der Waals surface area contributed by atoms with Crippen molar-refractivity contribution >= 4 is 5.97 Å². The van der Waals surface area contributed by atoms with Crippen LogP contribution in [-0.4, -0.2) is 35.1 Å². The smallest absolute Gasteiger partial charge is 0.303 e. The maximum atomic E-state index is 12.2. The van der Waals surface area contributed by atoms with Gasteiger partial charge in [-0.2, -0.15) is 5.10 Å². The van der Waals surface area contributed by atoms with E-state index in [9.17, 15) is 9.59 Å². The predicted octanol–water partition coefficient (Wildman–Crippen LogP) is 1.89. The van der Waals surface area contributed by atoms with Crippen LogP contribution in [0.4, 0.5) is 0 Å². The third-order valence-corrected chi connectivity index (χ3v) is 4.37. The van der Waals surface area contributed by atoms with Gasteiger partial charge in [-0.1, -0.05) is 0 Å². The Hall–Kier alpha value is -2.83. The molecule has 132 valence electrons. The summed E-state index contributed by atoms with van der Waals surface area (Å²) in [6, 6.07) is 5.42. The van der Waals surface area contributed by atoms with E-state index >= 15 is 0 Å². The third-order valence-electron chi connectivity index (χ3n) is 4.37. The molecular formula is C18H20N2O5. The second-order valence-electron chi connectivity index (χ2n) is 5.94. The fraction of sp³-hybridized carbons (Fsp3) is 0.389. The lowest BCUT2D eigenvalue weighted by Gasteiger charge is -2.21. The summed E-state index contributed by atoms with van der Waals surface area (Å²) in [6.07, 6.45) is 1.90. The number of rotatable bonds is 6. The highest BCUT2D eigenvalue weighted by atomic mass is 16.5. The van der Waals surface area contributed by atoms with Crippen molar-refractivity contribution in [1.82, 2.24) is 9.78 Å². The highest BCUT2D eigenvalue weighted by molar-refractivity contribution is 5.72. The van der Waals surface area contributed by atoms with E-state index in [1.54, 1.807) is 20.3 Å². The Balaban J connectivity index is 2.02. The van der Waals surface area contributed by atoms with E-state index in [2.05, 4.69) is 5.10 Å². The Bertz CT molecular complexity index is 873. The molecule has 7 nitrogen and oxygen atoms in total. The molecule has 3 rings (SSSR count). The van der Waals surface area contributed by atoms with Crippen LogP contribution < -0.4 is 15.0 Å². The van der Waals surface area contributed by atoms with E-state index in [1.807, 2.05) is 12.1 Å². The molecule has 0 saturated carbocycles. The van der Waals surface area contributed by atoms with Gasteiger partial charge in [0.2, 0.25) is 0 Å². The Labute approximate surface area is 144 Å². The largest absolute Gasteiger partial charge is 0.493 e. The minimum Gasteiger partial charge on any atom is -0.493 e. The monoisotopic (exact) mass is 344 g/mol. The molecule has 2 aromatic rings. The number of hydrogen-bond acceptors (Lipinski definition) is 5. The fourth-order valence-corrected chi connectivity index (χ4v) is 3.10. The van der Waals surface area contributed by atoms with Crippen molar-refractivity contribution in [3.63, 3.8) is 0 Å². The number of methoxy groups -OCH3 is 2. The number of hydrogen-bond donors (Lipinski definition) is 1. The van der Waals surface area contributed by atoms with Crippen LogP contribution in [0.25, 0.3) is 11.3 Å². The van der Waals surface area contributed by atoms with E-state index in [1.165, 1.54) is 4.68 Å². The fourth-order valence-electron chi connectivity index (χ4n) is 3.10. The number of benzene rings is 1. The molecule has 0 fully saturated rings. The predicted molar refractivity (Wildman–Crippen MR) is 91.3 cm³/mol. The molecule has 0 amide bonds.